The molecule has 0 unspecified atom stereocenters. The number of carbonyl (C=O) groups excluding carboxylic acids is 1. The van der Waals surface area contributed by atoms with Crippen LogP contribution in [0.3, 0.4) is 0 Å². The highest BCUT2D eigenvalue weighted by atomic mass is 16.2. The van der Waals surface area contributed by atoms with Crippen LogP contribution in [0.1, 0.15) is 49.2 Å². The fraction of sp³-hybridized carbons (Fsp3) is 0.692. The molecule has 3 rings (SSSR count). The second-order valence-electron chi connectivity index (χ2n) is 5.23. The van der Waals surface area contributed by atoms with Crippen molar-refractivity contribution in [2.45, 2.75) is 52.1 Å². The third kappa shape index (κ3) is 1.66. The Morgan fingerprint density at radius 2 is 2.18 bits per heavy atom. The maximum atomic E-state index is 11.4. The highest BCUT2D eigenvalue weighted by Crippen LogP contribution is 2.35. The summed E-state index contributed by atoms with van der Waals surface area (Å²) >= 11 is 0. The van der Waals surface area contributed by atoms with Gasteiger partial charge in [-0.25, -0.2) is 0 Å². The van der Waals surface area contributed by atoms with Gasteiger partial charge in [0.1, 0.15) is 0 Å². The second-order valence-corrected chi connectivity index (χ2v) is 5.23. The number of nitrogens with zero attached hydrogens (tertiary/aromatic N) is 3. The van der Waals surface area contributed by atoms with E-state index in [1.807, 2.05) is 4.90 Å². The first-order valence-corrected chi connectivity index (χ1v) is 6.49. The monoisotopic (exact) mass is 233 g/mol. The molecule has 1 aromatic rings. The standard InChI is InChI=1S/C13H19N3O/c1-9-12-8-15(10(2)17)7-6-13(12)16(14-9)11-4-3-5-11/h11H,3-8H2,1-2H3. The van der Waals surface area contributed by atoms with Gasteiger partial charge in [-0.05, 0) is 26.2 Å². The number of amides is 1. The Morgan fingerprint density at radius 3 is 2.76 bits per heavy atom. The van der Waals surface area contributed by atoms with Crippen molar-refractivity contribution in [1.82, 2.24) is 14.7 Å². The van der Waals surface area contributed by atoms with Crippen molar-refractivity contribution in [2.75, 3.05) is 6.54 Å². The van der Waals surface area contributed by atoms with E-state index in [4.69, 9.17) is 0 Å². The number of hydrogen-bond donors (Lipinski definition) is 0. The van der Waals surface area contributed by atoms with Gasteiger partial charge < -0.3 is 4.90 Å². The molecule has 2 aliphatic rings. The smallest absolute Gasteiger partial charge is 0.219 e. The summed E-state index contributed by atoms with van der Waals surface area (Å²) in [6.45, 7) is 5.32. The average Bonchev–Trinajstić information content (AvgIpc) is 2.54. The van der Waals surface area contributed by atoms with E-state index >= 15 is 0 Å². The first-order valence-electron chi connectivity index (χ1n) is 6.49. The zero-order chi connectivity index (χ0) is 12.0. The summed E-state index contributed by atoms with van der Waals surface area (Å²) in [7, 11) is 0. The van der Waals surface area contributed by atoms with E-state index in [1.54, 1.807) is 6.92 Å². The van der Waals surface area contributed by atoms with Gasteiger partial charge in [-0.1, -0.05) is 0 Å². The maximum absolute atomic E-state index is 11.4. The third-order valence-electron chi connectivity index (χ3n) is 4.15. The van der Waals surface area contributed by atoms with Gasteiger partial charge in [-0.3, -0.25) is 9.48 Å². The quantitative estimate of drug-likeness (QED) is 0.742. The molecule has 0 bridgehead atoms. The van der Waals surface area contributed by atoms with Crippen molar-refractivity contribution >= 4 is 5.91 Å². The van der Waals surface area contributed by atoms with E-state index in [0.717, 1.165) is 25.2 Å². The van der Waals surface area contributed by atoms with Gasteiger partial charge in [-0.2, -0.15) is 5.10 Å². The first-order chi connectivity index (χ1) is 8.16. The van der Waals surface area contributed by atoms with Crippen LogP contribution in [0.15, 0.2) is 0 Å². The van der Waals surface area contributed by atoms with Crippen LogP contribution >= 0.6 is 0 Å². The van der Waals surface area contributed by atoms with Gasteiger partial charge in [0.25, 0.3) is 0 Å². The Kier molecular flexibility index (Phi) is 2.45. The molecule has 1 aliphatic carbocycles. The highest BCUT2D eigenvalue weighted by Gasteiger charge is 2.29. The lowest BCUT2D eigenvalue weighted by atomic mass is 9.92. The molecule has 17 heavy (non-hydrogen) atoms. The maximum Gasteiger partial charge on any atom is 0.219 e. The van der Waals surface area contributed by atoms with Crippen LogP contribution in [-0.4, -0.2) is 27.1 Å². The molecule has 1 aromatic heterocycles. The summed E-state index contributed by atoms with van der Waals surface area (Å²) < 4.78 is 2.24. The molecule has 4 nitrogen and oxygen atoms in total. The molecular formula is C13H19N3O. The number of rotatable bonds is 1. The van der Waals surface area contributed by atoms with Crippen molar-refractivity contribution in [3.63, 3.8) is 0 Å². The van der Waals surface area contributed by atoms with Crippen molar-refractivity contribution < 1.29 is 4.79 Å². The summed E-state index contributed by atoms with van der Waals surface area (Å²) in [5.41, 5.74) is 3.78. The summed E-state index contributed by atoms with van der Waals surface area (Å²) in [5.74, 6) is 0.173. The van der Waals surface area contributed by atoms with Crippen molar-refractivity contribution in [3.8, 4) is 0 Å². The number of aryl methyl sites for hydroxylation is 1. The largest absolute Gasteiger partial charge is 0.338 e. The highest BCUT2D eigenvalue weighted by molar-refractivity contribution is 5.73. The lowest BCUT2D eigenvalue weighted by Crippen LogP contribution is -2.35. The molecule has 0 radical (unpaired) electrons. The Morgan fingerprint density at radius 1 is 1.41 bits per heavy atom. The molecule has 1 amide bonds. The zero-order valence-electron chi connectivity index (χ0n) is 10.6. The van der Waals surface area contributed by atoms with E-state index in [0.29, 0.717) is 6.04 Å². The van der Waals surface area contributed by atoms with Crippen LogP contribution in [0.2, 0.25) is 0 Å². The molecule has 2 heterocycles. The lowest BCUT2D eigenvalue weighted by Gasteiger charge is -2.31. The number of aromatic nitrogens is 2. The van der Waals surface area contributed by atoms with E-state index < -0.39 is 0 Å². The second kappa shape index (κ2) is 3.86. The van der Waals surface area contributed by atoms with Gasteiger partial charge in [-0.15, -0.1) is 0 Å². The van der Waals surface area contributed by atoms with Crippen molar-refractivity contribution in [1.29, 1.82) is 0 Å². The van der Waals surface area contributed by atoms with Gasteiger partial charge in [0.15, 0.2) is 0 Å². The fourth-order valence-electron chi connectivity index (χ4n) is 2.81. The van der Waals surface area contributed by atoms with E-state index in [2.05, 4.69) is 16.7 Å². The number of carbonyl (C=O) groups is 1. The minimum atomic E-state index is 0.173. The predicted molar refractivity (Wildman–Crippen MR) is 64.6 cm³/mol. The summed E-state index contributed by atoms with van der Waals surface area (Å²) in [4.78, 5) is 13.3. The molecule has 1 saturated carbocycles. The summed E-state index contributed by atoms with van der Waals surface area (Å²) in [6, 6.07) is 0.626. The van der Waals surface area contributed by atoms with Crippen LogP contribution < -0.4 is 0 Å². The molecule has 0 spiro atoms. The third-order valence-corrected chi connectivity index (χ3v) is 4.15. The Balaban J connectivity index is 1.92. The first kappa shape index (κ1) is 10.8. The molecule has 1 fully saturated rings. The molecule has 0 N–H and O–H groups in total. The number of fused-ring (bicyclic) bond motifs is 1. The summed E-state index contributed by atoms with van der Waals surface area (Å²) in [6.07, 6.45) is 4.83. The molecule has 92 valence electrons. The normalized spacial score (nSPS) is 20.0. The number of hydrogen-bond acceptors (Lipinski definition) is 2. The lowest BCUT2D eigenvalue weighted by molar-refractivity contribution is -0.129. The molecule has 0 atom stereocenters. The molecule has 0 aromatic carbocycles. The average molecular weight is 233 g/mol. The van der Waals surface area contributed by atoms with Gasteiger partial charge in [0, 0.05) is 37.7 Å². The Labute approximate surface area is 102 Å². The van der Waals surface area contributed by atoms with Crippen molar-refractivity contribution in [3.05, 3.63) is 17.0 Å². The fourth-order valence-corrected chi connectivity index (χ4v) is 2.81. The predicted octanol–water partition coefficient (Wildman–Crippen LogP) is 1.82. The van der Waals surface area contributed by atoms with E-state index in [-0.39, 0.29) is 5.91 Å². The zero-order valence-corrected chi connectivity index (χ0v) is 10.6. The SMILES string of the molecule is CC(=O)N1CCc2c(c(C)nn2C2CCC2)C1. The Bertz CT molecular complexity index is 459. The minimum Gasteiger partial charge on any atom is -0.338 e. The van der Waals surface area contributed by atoms with Crippen LogP contribution in [0.4, 0.5) is 0 Å². The van der Waals surface area contributed by atoms with Crippen LogP contribution in [0.5, 0.6) is 0 Å². The van der Waals surface area contributed by atoms with E-state index in [9.17, 15) is 4.79 Å². The van der Waals surface area contributed by atoms with Gasteiger partial charge in [0.05, 0.1) is 11.7 Å². The van der Waals surface area contributed by atoms with Gasteiger partial charge in [0.2, 0.25) is 5.91 Å². The van der Waals surface area contributed by atoms with Crippen LogP contribution in [0.25, 0.3) is 0 Å². The molecule has 1 aliphatic heterocycles. The Hall–Kier alpha value is -1.32. The minimum absolute atomic E-state index is 0.173. The topological polar surface area (TPSA) is 38.1 Å². The van der Waals surface area contributed by atoms with E-state index in [1.165, 1.54) is 30.5 Å². The molecule has 0 saturated heterocycles. The van der Waals surface area contributed by atoms with Crippen LogP contribution in [-0.2, 0) is 17.8 Å². The van der Waals surface area contributed by atoms with Crippen LogP contribution in [0, 0.1) is 6.92 Å². The van der Waals surface area contributed by atoms with Gasteiger partial charge >= 0.3 is 0 Å². The molecular weight excluding hydrogens is 214 g/mol. The van der Waals surface area contributed by atoms with Crippen molar-refractivity contribution in [2.24, 2.45) is 0 Å². The molecule has 4 heteroatoms. The summed E-state index contributed by atoms with van der Waals surface area (Å²) in [5, 5.41) is 4.69.